The molecule has 0 aliphatic heterocycles. The van der Waals surface area contributed by atoms with E-state index in [-0.39, 0.29) is 17.6 Å². The summed E-state index contributed by atoms with van der Waals surface area (Å²) in [5.41, 5.74) is 4.96. The number of carbonyl (C=O) groups is 1. The van der Waals surface area contributed by atoms with Gasteiger partial charge in [0.05, 0.1) is 5.69 Å². The Balaban J connectivity index is 1.65. The Morgan fingerprint density at radius 2 is 1.90 bits per heavy atom. The molecular formula is C24H25N5O2. The lowest BCUT2D eigenvalue weighted by Crippen LogP contribution is -2.20. The third-order valence-electron chi connectivity index (χ3n) is 5.44. The Bertz CT molecular complexity index is 1290. The van der Waals surface area contributed by atoms with Crippen LogP contribution in [0.2, 0.25) is 0 Å². The number of nitrogens with zero attached hydrogens (tertiary/aromatic N) is 2. The number of nitrogens with one attached hydrogen (secondary N) is 3. The maximum absolute atomic E-state index is 12.5. The van der Waals surface area contributed by atoms with Crippen LogP contribution in [-0.4, -0.2) is 20.4 Å². The minimum Gasteiger partial charge on any atom is -0.353 e. The Kier molecular flexibility index (Phi) is 5.58. The number of aromatic amines is 1. The summed E-state index contributed by atoms with van der Waals surface area (Å²) in [5, 5.41) is 6.32. The number of fused-ring (bicyclic) bond motifs is 1. The monoisotopic (exact) mass is 415 g/mol. The van der Waals surface area contributed by atoms with Crippen LogP contribution < -0.4 is 16.3 Å². The zero-order valence-corrected chi connectivity index (χ0v) is 17.8. The summed E-state index contributed by atoms with van der Waals surface area (Å²) >= 11 is 0. The molecule has 0 saturated heterocycles. The molecular weight excluding hydrogens is 390 g/mol. The molecule has 0 fully saturated rings. The minimum absolute atomic E-state index is 0.0438. The van der Waals surface area contributed by atoms with E-state index in [9.17, 15) is 9.59 Å². The molecule has 0 aliphatic carbocycles. The number of hydrogen-bond acceptors (Lipinski definition) is 4. The van der Waals surface area contributed by atoms with Crippen LogP contribution in [0.1, 0.15) is 42.2 Å². The van der Waals surface area contributed by atoms with Gasteiger partial charge in [0.25, 0.3) is 5.91 Å². The SMILES string of the molecule is CCC(C)n1c(=O)[nH]c2c(Nc3cc(NC(=O)c4ccccc4)ccc3C)ccnc21. The second-order valence-corrected chi connectivity index (χ2v) is 7.59. The molecule has 1 unspecified atom stereocenters. The lowest BCUT2D eigenvalue weighted by Gasteiger charge is -2.14. The number of carbonyl (C=O) groups excluding carboxylic acids is 1. The fourth-order valence-electron chi connectivity index (χ4n) is 3.49. The van der Waals surface area contributed by atoms with Crippen LogP contribution in [0.5, 0.6) is 0 Å². The predicted octanol–water partition coefficient (Wildman–Crippen LogP) is 5.00. The van der Waals surface area contributed by atoms with E-state index in [1.807, 2.05) is 63.2 Å². The van der Waals surface area contributed by atoms with Gasteiger partial charge in [-0.05, 0) is 56.2 Å². The molecule has 0 bridgehead atoms. The molecule has 2 aromatic heterocycles. The van der Waals surface area contributed by atoms with E-state index in [4.69, 9.17) is 0 Å². The zero-order valence-electron chi connectivity index (χ0n) is 17.8. The van der Waals surface area contributed by atoms with Crippen LogP contribution in [-0.2, 0) is 0 Å². The smallest absolute Gasteiger partial charge is 0.327 e. The highest BCUT2D eigenvalue weighted by Gasteiger charge is 2.16. The molecule has 7 heteroatoms. The molecule has 2 aromatic carbocycles. The molecule has 3 N–H and O–H groups in total. The molecule has 2 heterocycles. The number of H-pyrrole nitrogens is 1. The second kappa shape index (κ2) is 8.47. The van der Waals surface area contributed by atoms with Crippen LogP contribution >= 0.6 is 0 Å². The molecule has 7 nitrogen and oxygen atoms in total. The molecule has 0 spiro atoms. The Labute approximate surface area is 180 Å². The highest BCUT2D eigenvalue weighted by molar-refractivity contribution is 6.04. The molecule has 4 rings (SSSR count). The van der Waals surface area contributed by atoms with Crippen LogP contribution in [0, 0.1) is 6.92 Å². The normalized spacial score (nSPS) is 12.0. The molecule has 4 aromatic rings. The maximum Gasteiger partial charge on any atom is 0.327 e. The number of benzene rings is 2. The largest absolute Gasteiger partial charge is 0.353 e. The van der Waals surface area contributed by atoms with Gasteiger partial charge < -0.3 is 15.6 Å². The average molecular weight is 415 g/mol. The number of pyridine rings is 1. The third kappa shape index (κ3) is 4.07. The van der Waals surface area contributed by atoms with E-state index in [2.05, 4.69) is 20.6 Å². The summed E-state index contributed by atoms with van der Waals surface area (Å²) in [5.74, 6) is -0.170. The van der Waals surface area contributed by atoms with Crippen molar-refractivity contribution in [1.82, 2.24) is 14.5 Å². The Hall–Kier alpha value is -3.87. The predicted molar refractivity (Wildman–Crippen MR) is 124 cm³/mol. The zero-order chi connectivity index (χ0) is 22.0. The summed E-state index contributed by atoms with van der Waals surface area (Å²) in [6.07, 6.45) is 2.52. The van der Waals surface area contributed by atoms with Gasteiger partial charge in [0.1, 0.15) is 5.52 Å². The molecule has 0 radical (unpaired) electrons. The first-order valence-electron chi connectivity index (χ1n) is 10.3. The number of hydrogen-bond donors (Lipinski definition) is 3. The van der Waals surface area contributed by atoms with E-state index in [1.54, 1.807) is 22.9 Å². The van der Waals surface area contributed by atoms with Crippen molar-refractivity contribution in [3.8, 4) is 0 Å². The van der Waals surface area contributed by atoms with Crippen LogP contribution in [0.15, 0.2) is 65.6 Å². The first-order valence-corrected chi connectivity index (χ1v) is 10.3. The molecule has 158 valence electrons. The summed E-state index contributed by atoms with van der Waals surface area (Å²) in [6, 6.07) is 16.6. The molecule has 1 atom stereocenters. The molecule has 0 saturated carbocycles. The lowest BCUT2D eigenvalue weighted by atomic mass is 10.1. The van der Waals surface area contributed by atoms with Gasteiger partial charge in [0.15, 0.2) is 5.65 Å². The van der Waals surface area contributed by atoms with Crippen LogP contribution in [0.25, 0.3) is 11.2 Å². The van der Waals surface area contributed by atoms with Crippen molar-refractivity contribution in [2.45, 2.75) is 33.2 Å². The fraction of sp³-hybridized carbons (Fsp3) is 0.208. The third-order valence-corrected chi connectivity index (χ3v) is 5.44. The standard InChI is InChI=1S/C24H25N5O2/c1-4-16(3)29-22-21(28-24(29)31)19(12-13-25-22)27-20-14-18(11-10-15(20)2)26-23(30)17-8-6-5-7-9-17/h5-14,16H,4H2,1-3H3,(H,25,27)(H,26,30)(H,28,31). The van der Waals surface area contributed by atoms with Gasteiger partial charge in [-0.1, -0.05) is 31.2 Å². The Morgan fingerprint density at radius 1 is 1.13 bits per heavy atom. The highest BCUT2D eigenvalue weighted by atomic mass is 16.2. The number of aryl methyl sites for hydroxylation is 1. The van der Waals surface area contributed by atoms with E-state index in [0.29, 0.717) is 22.4 Å². The lowest BCUT2D eigenvalue weighted by molar-refractivity contribution is 0.102. The molecule has 1 amide bonds. The molecule has 0 aliphatic rings. The summed E-state index contributed by atoms with van der Waals surface area (Å²) in [7, 11) is 0. The van der Waals surface area contributed by atoms with Crippen molar-refractivity contribution < 1.29 is 4.79 Å². The Morgan fingerprint density at radius 3 is 2.65 bits per heavy atom. The van der Waals surface area contributed by atoms with Gasteiger partial charge in [0, 0.05) is 29.2 Å². The molecule has 31 heavy (non-hydrogen) atoms. The van der Waals surface area contributed by atoms with Crippen molar-refractivity contribution in [1.29, 1.82) is 0 Å². The number of amides is 1. The second-order valence-electron chi connectivity index (χ2n) is 7.59. The quantitative estimate of drug-likeness (QED) is 0.413. The number of anilines is 3. The van der Waals surface area contributed by atoms with Crippen LogP contribution in [0.4, 0.5) is 17.1 Å². The number of rotatable bonds is 6. The number of imidazole rings is 1. The summed E-state index contributed by atoms with van der Waals surface area (Å²) < 4.78 is 1.68. The topological polar surface area (TPSA) is 91.8 Å². The van der Waals surface area contributed by atoms with Gasteiger partial charge >= 0.3 is 5.69 Å². The highest BCUT2D eigenvalue weighted by Crippen LogP contribution is 2.28. The van der Waals surface area contributed by atoms with Crippen LogP contribution in [0.3, 0.4) is 0 Å². The van der Waals surface area contributed by atoms with E-state index < -0.39 is 0 Å². The van der Waals surface area contributed by atoms with Crippen molar-refractivity contribution in [2.24, 2.45) is 0 Å². The van der Waals surface area contributed by atoms with E-state index in [1.165, 1.54) is 0 Å². The van der Waals surface area contributed by atoms with Gasteiger partial charge in [-0.15, -0.1) is 0 Å². The average Bonchev–Trinajstić information content (AvgIpc) is 3.13. The fourth-order valence-corrected chi connectivity index (χ4v) is 3.49. The summed E-state index contributed by atoms with van der Waals surface area (Å²) in [6.45, 7) is 6.02. The first-order chi connectivity index (χ1) is 15.0. The van der Waals surface area contributed by atoms with Crippen molar-refractivity contribution in [2.75, 3.05) is 10.6 Å². The van der Waals surface area contributed by atoms with Gasteiger partial charge in [-0.3, -0.25) is 9.36 Å². The first kappa shape index (κ1) is 20.4. The van der Waals surface area contributed by atoms with Gasteiger partial charge in [-0.2, -0.15) is 0 Å². The van der Waals surface area contributed by atoms with Gasteiger partial charge in [0.2, 0.25) is 0 Å². The van der Waals surface area contributed by atoms with Crippen molar-refractivity contribution in [3.63, 3.8) is 0 Å². The van der Waals surface area contributed by atoms with Gasteiger partial charge in [-0.25, -0.2) is 9.78 Å². The van der Waals surface area contributed by atoms with E-state index >= 15 is 0 Å². The maximum atomic E-state index is 12.5. The minimum atomic E-state index is -0.174. The number of aromatic nitrogens is 3. The van der Waals surface area contributed by atoms with Crippen molar-refractivity contribution in [3.05, 3.63) is 82.4 Å². The van der Waals surface area contributed by atoms with Crippen molar-refractivity contribution >= 4 is 34.1 Å². The summed E-state index contributed by atoms with van der Waals surface area (Å²) in [4.78, 5) is 32.4. The van der Waals surface area contributed by atoms with E-state index in [0.717, 1.165) is 23.4 Å².